The number of rotatable bonds is 3. The minimum atomic E-state index is 0.242. The highest BCUT2D eigenvalue weighted by molar-refractivity contribution is 6.31. The zero-order valence-corrected chi connectivity index (χ0v) is 11.8. The predicted octanol–water partition coefficient (Wildman–Crippen LogP) is 3.54. The van der Waals surface area contributed by atoms with E-state index in [1.165, 1.54) is 12.8 Å². The summed E-state index contributed by atoms with van der Waals surface area (Å²) < 4.78 is 5.90. The van der Waals surface area contributed by atoms with Gasteiger partial charge in [-0.3, -0.25) is 0 Å². The van der Waals surface area contributed by atoms with Crippen LogP contribution in [-0.4, -0.2) is 11.1 Å². The molecule has 0 aromatic carbocycles. The Morgan fingerprint density at radius 2 is 2.11 bits per heavy atom. The molecule has 1 aliphatic carbocycles. The van der Waals surface area contributed by atoms with Crippen LogP contribution in [0, 0.1) is 5.41 Å². The van der Waals surface area contributed by atoms with E-state index < -0.39 is 0 Å². The van der Waals surface area contributed by atoms with E-state index in [1.54, 1.807) is 6.20 Å². The standard InChI is InChI=1S/C14H21ClN2O/c1-14(2)5-3-11(4-6-14)18-13-12(15)7-10(8-16)9-17-13/h7,9,11H,3-6,8,16H2,1-2H3. The third-order valence-corrected chi connectivity index (χ3v) is 3.94. The van der Waals surface area contributed by atoms with Crippen LogP contribution in [0.1, 0.15) is 45.1 Å². The molecule has 0 bridgehead atoms. The van der Waals surface area contributed by atoms with E-state index in [1.807, 2.05) is 6.07 Å². The number of hydrogen-bond acceptors (Lipinski definition) is 3. The minimum absolute atomic E-state index is 0.242. The SMILES string of the molecule is CC1(C)CCC(Oc2ncc(CN)cc2Cl)CC1. The Bertz CT molecular complexity index is 410. The van der Waals surface area contributed by atoms with Crippen molar-refractivity contribution in [2.45, 2.75) is 52.2 Å². The predicted molar refractivity (Wildman–Crippen MR) is 73.8 cm³/mol. The highest BCUT2D eigenvalue weighted by Crippen LogP contribution is 2.37. The normalized spacial score (nSPS) is 19.8. The van der Waals surface area contributed by atoms with Gasteiger partial charge < -0.3 is 10.5 Å². The topological polar surface area (TPSA) is 48.1 Å². The second-order valence-corrected chi connectivity index (χ2v) is 6.22. The van der Waals surface area contributed by atoms with Crippen LogP contribution in [0.15, 0.2) is 12.3 Å². The van der Waals surface area contributed by atoms with Gasteiger partial charge in [0.25, 0.3) is 0 Å². The van der Waals surface area contributed by atoms with Crippen molar-refractivity contribution in [1.29, 1.82) is 0 Å². The zero-order valence-electron chi connectivity index (χ0n) is 11.1. The molecule has 1 saturated carbocycles. The fraction of sp³-hybridized carbons (Fsp3) is 0.643. The number of pyridine rings is 1. The number of aromatic nitrogens is 1. The summed E-state index contributed by atoms with van der Waals surface area (Å²) in [5.74, 6) is 0.540. The van der Waals surface area contributed by atoms with Gasteiger partial charge in [-0.2, -0.15) is 0 Å². The van der Waals surface area contributed by atoms with Gasteiger partial charge in [-0.1, -0.05) is 25.4 Å². The first-order valence-electron chi connectivity index (χ1n) is 6.51. The largest absolute Gasteiger partial charge is 0.473 e. The van der Waals surface area contributed by atoms with E-state index in [-0.39, 0.29) is 6.10 Å². The molecule has 0 radical (unpaired) electrons. The van der Waals surface area contributed by atoms with Crippen LogP contribution in [-0.2, 0) is 6.54 Å². The third-order valence-electron chi connectivity index (χ3n) is 3.66. The van der Waals surface area contributed by atoms with Gasteiger partial charge >= 0.3 is 0 Å². The Morgan fingerprint density at radius 1 is 1.44 bits per heavy atom. The molecule has 1 heterocycles. The van der Waals surface area contributed by atoms with E-state index in [2.05, 4.69) is 18.8 Å². The Labute approximate surface area is 114 Å². The monoisotopic (exact) mass is 268 g/mol. The molecule has 18 heavy (non-hydrogen) atoms. The van der Waals surface area contributed by atoms with Crippen molar-refractivity contribution in [3.05, 3.63) is 22.8 Å². The van der Waals surface area contributed by atoms with Crippen LogP contribution in [0.25, 0.3) is 0 Å². The summed E-state index contributed by atoms with van der Waals surface area (Å²) in [6, 6.07) is 1.83. The molecule has 3 nitrogen and oxygen atoms in total. The van der Waals surface area contributed by atoms with Gasteiger partial charge in [0.05, 0.1) is 0 Å². The van der Waals surface area contributed by atoms with Crippen molar-refractivity contribution in [3.8, 4) is 5.88 Å². The summed E-state index contributed by atoms with van der Waals surface area (Å²) >= 11 is 6.14. The lowest BCUT2D eigenvalue weighted by molar-refractivity contribution is 0.0950. The first-order valence-corrected chi connectivity index (χ1v) is 6.89. The highest BCUT2D eigenvalue weighted by Gasteiger charge is 2.28. The summed E-state index contributed by atoms with van der Waals surface area (Å²) in [7, 11) is 0. The molecule has 0 spiro atoms. The van der Waals surface area contributed by atoms with Gasteiger partial charge in [0.1, 0.15) is 11.1 Å². The second-order valence-electron chi connectivity index (χ2n) is 5.82. The summed E-state index contributed by atoms with van der Waals surface area (Å²) in [6.45, 7) is 5.07. The maximum absolute atomic E-state index is 6.14. The molecule has 0 amide bonds. The Kier molecular flexibility index (Phi) is 4.13. The van der Waals surface area contributed by atoms with Gasteiger partial charge in [0.15, 0.2) is 0 Å². The quantitative estimate of drug-likeness (QED) is 0.912. The van der Waals surface area contributed by atoms with Crippen molar-refractivity contribution >= 4 is 11.6 Å². The molecular formula is C14H21ClN2O. The summed E-state index contributed by atoms with van der Waals surface area (Å²) in [4.78, 5) is 4.25. The molecule has 0 aliphatic heterocycles. The van der Waals surface area contributed by atoms with Gasteiger partial charge in [-0.15, -0.1) is 0 Å². The molecule has 2 N–H and O–H groups in total. The Hall–Kier alpha value is -0.800. The first kappa shape index (κ1) is 13.6. The van der Waals surface area contributed by atoms with Crippen molar-refractivity contribution in [3.63, 3.8) is 0 Å². The molecule has 0 unspecified atom stereocenters. The number of halogens is 1. The highest BCUT2D eigenvalue weighted by atomic mass is 35.5. The average molecular weight is 269 g/mol. The molecule has 2 rings (SSSR count). The molecule has 1 aromatic heterocycles. The smallest absolute Gasteiger partial charge is 0.232 e. The lowest BCUT2D eigenvalue weighted by atomic mass is 9.76. The van der Waals surface area contributed by atoms with Crippen molar-refractivity contribution in [2.75, 3.05) is 0 Å². The van der Waals surface area contributed by atoms with Gasteiger partial charge in [-0.05, 0) is 42.7 Å². The lowest BCUT2D eigenvalue weighted by Crippen LogP contribution is -2.28. The molecular weight excluding hydrogens is 248 g/mol. The second kappa shape index (κ2) is 5.45. The van der Waals surface area contributed by atoms with E-state index >= 15 is 0 Å². The maximum atomic E-state index is 6.14. The average Bonchev–Trinajstić information content (AvgIpc) is 2.34. The van der Waals surface area contributed by atoms with E-state index in [0.29, 0.717) is 22.9 Å². The molecule has 1 fully saturated rings. The molecule has 0 saturated heterocycles. The van der Waals surface area contributed by atoms with Crippen LogP contribution in [0.2, 0.25) is 5.02 Å². The van der Waals surface area contributed by atoms with Gasteiger partial charge in [0.2, 0.25) is 5.88 Å². The van der Waals surface area contributed by atoms with Crippen LogP contribution in [0.3, 0.4) is 0 Å². The summed E-state index contributed by atoms with van der Waals surface area (Å²) in [5, 5.41) is 0.558. The van der Waals surface area contributed by atoms with E-state index in [0.717, 1.165) is 18.4 Å². The number of nitrogens with two attached hydrogens (primary N) is 1. The van der Waals surface area contributed by atoms with Crippen molar-refractivity contribution in [1.82, 2.24) is 4.98 Å². The van der Waals surface area contributed by atoms with Crippen molar-refractivity contribution in [2.24, 2.45) is 11.1 Å². The zero-order chi connectivity index (χ0) is 13.2. The lowest BCUT2D eigenvalue weighted by Gasteiger charge is -2.34. The van der Waals surface area contributed by atoms with Crippen LogP contribution in [0.4, 0.5) is 0 Å². The van der Waals surface area contributed by atoms with Crippen LogP contribution < -0.4 is 10.5 Å². The molecule has 1 aromatic rings. The molecule has 1 aliphatic rings. The van der Waals surface area contributed by atoms with Crippen molar-refractivity contribution < 1.29 is 4.74 Å². The molecule has 4 heteroatoms. The van der Waals surface area contributed by atoms with Gasteiger partial charge in [0, 0.05) is 12.7 Å². The van der Waals surface area contributed by atoms with E-state index in [4.69, 9.17) is 22.1 Å². The fourth-order valence-corrected chi connectivity index (χ4v) is 2.55. The Morgan fingerprint density at radius 3 is 2.67 bits per heavy atom. The fourth-order valence-electron chi connectivity index (χ4n) is 2.31. The number of hydrogen-bond donors (Lipinski definition) is 1. The van der Waals surface area contributed by atoms with Crippen LogP contribution in [0.5, 0.6) is 5.88 Å². The van der Waals surface area contributed by atoms with Crippen LogP contribution >= 0.6 is 11.6 Å². The van der Waals surface area contributed by atoms with E-state index in [9.17, 15) is 0 Å². The minimum Gasteiger partial charge on any atom is -0.473 e. The number of nitrogens with zero attached hydrogens (tertiary/aromatic N) is 1. The molecule has 100 valence electrons. The summed E-state index contributed by atoms with van der Waals surface area (Å²) in [5.41, 5.74) is 6.92. The summed E-state index contributed by atoms with van der Waals surface area (Å²) in [6.07, 6.45) is 6.50. The maximum Gasteiger partial charge on any atom is 0.232 e. The van der Waals surface area contributed by atoms with Gasteiger partial charge in [-0.25, -0.2) is 4.98 Å². The number of ether oxygens (including phenoxy) is 1. The third kappa shape index (κ3) is 3.36. The Balaban J connectivity index is 1.98. The first-order chi connectivity index (χ1) is 8.50. The molecule has 0 atom stereocenters.